The van der Waals surface area contributed by atoms with Gasteiger partial charge in [0.2, 0.25) is 0 Å². The smallest absolute Gasteiger partial charge is 0.151 e. The van der Waals surface area contributed by atoms with Crippen molar-refractivity contribution in [1.29, 1.82) is 0 Å². The normalized spacial score (nSPS) is 9.64. The Kier molecular flexibility index (Phi) is 3.33. The minimum absolute atomic E-state index is 0.536. The molecule has 11 heavy (non-hydrogen) atoms. The molecule has 1 nitrogen and oxygen atoms in total. The van der Waals surface area contributed by atoms with Crippen LogP contribution >= 0.6 is 34.2 Å². The van der Waals surface area contributed by atoms with E-state index in [1.807, 2.05) is 12.1 Å². The highest BCUT2D eigenvalue weighted by Crippen LogP contribution is 2.19. The number of carbonyl (C=O) groups excluding carboxylic acids is 1. The number of aldehydes is 1. The minimum Gasteiger partial charge on any atom is -0.298 e. The van der Waals surface area contributed by atoms with E-state index in [-0.39, 0.29) is 0 Å². The molecule has 1 aromatic carbocycles. The summed E-state index contributed by atoms with van der Waals surface area (Å²) in [6.07, 6.45) is 0.802. The molecule has 0 saturated carbocycles. The number of hydrogen-bond acceptors (Lipinski definition) is 1. The lowest BCUT2D eigenvalue weighted by atomic mass is 10.1. The second-order valence-electron chi connectivity index (χ2n) is 2.06. The second kappa shape index (κ2) is 4.07. The predicted molar refractivity (Wildman–Crippen MR) is 54.6 cm³/mol. The summed E-state index contributed by atoms with van der Waals surface area (Å²) in [5.74, 6) is 0. The summed E-state index contributed by atoms with van der Waals surface area (Å²) < 4.78 is 0.812. The third-order valence-corrected chi connectivity index (χ3v) is 2.56. The Morgan fingerprint density at radius 3 is 2.73 bits per heavy atom. The Morgan fingerprint density at radius 1 is 1.55 bits per heavy atom. The number of halogens is 2. The number of hydrogen-bond donors (Lipinski definition) is 0. The van der Waals surface area contributed by atoms with Crippen LogP contribution in [0.5, 0.6) is 0 Å². The average molecular weight is 280 g/mol. The molecule has 0 N–H and O–H groups in total. The van der Waals surface area contributed by atoms with Gasteiger partial charge in [0, 0.05) is 9.99 Å². The fraction of sp³-hybridized carbons (Fsp3) is 0.125. The summed E-state index contributed by atoms with van der Waals surface area (Å²) in [6.45, 7) is 0. The van der Waals surface area contributed by atoms with Crippen LogP contribution in [-0.2, 0) is 4.43 Å². The standard InChI is InChI=1S/C8H6ClIO/c9-8-3-1-2-6(4-10)7(8)5-11/h1-3,5H,4H2. The SMILES string of the molecule is O=Cc1c(Cl)cccc1CI. The molecule has 0 aliphatic carbocycles. The molecule has 0 saturated heterocycles. The number of rotatable bonds is 2. The van der Waals surface area contributed by atoms with E-state index in [0.29, 0.717) is 10.6 Å². The zero-order chi connectivity index (χ0) is 8.27. The van der Waals surface area contributed by atoms with Gasteiger partial charge in [0.25, 0.3) is 0 Å². The first-order valence-electron chi connectivity index (χ1n) is 3.08. The van der Waals surface area contributed by atoms with Crippen LogP contribution in [0.15, 0.2) is 18.2 Å². The van der Waals surface area contributed by atoms with Gasteiger partial charge in [-0.25, -0.2) is 0 Å². The molecule has 0 fully saturated rings. The molecule has 0 atom stereocenters. The monoisotopic (exact) mass is 280 g/mol. The van der Waals surface area contributed by atoms with E-state index in [2.05, 4.69) is 22.6 Å². The Balaban J connectivity index is 3.24. The number of benzene rings is 1. The fourth-order valence-electron chi connectivity index (χ4n) is 0.830. The first kappa shape index (κ1) is 9.00. The third-order valence-electron chi connectivity index (χ3n) is 1.41. The maximum Gasteiger partial charge on any atom is 0.151 e. The lowest BCUT2D eigenvalue weighted by Crippen LogP contribution is -1.89. The molecule has 0 heterocycles. The van der Waals surface area contributed by atoms with Gasteiger partial charge >= 0.3 is 0 Å². The molecule has 58 valence electrons. The first-order valence-corrected chi connectivity index (χ1v) is 4.98. The molecular weight excluding hydrogens is 274 g/mol. The van der Waals surface area contributed by atoms with Gasteiger partial charge in [-0.2, -0.15) is 0 Å². The van der Waals surface area contributed by atoms with Crippen molar-refractivity contribution in [2.24, 2.45) is 0 Å². The van der Waals surface area contributed by atoms with Crippen LogP contribution in [-0.4, -0.2) is 6.29 Å². The van der Waals surface area contributed by atoms with E-state index < -0.39 is 0 Å². The predicted octanol–water partition coefficient (Wildman–Crippen LogP) is 3.09. The summed E-state index contributed by atoms with van der Waals surface area (Å²) >= 11 is 7.98. The van der Waals surface area contributed by atoms with E-state index in [4.69, 9.17) is 11.6 Å². The Hall–Kier alpha value is -0.0900. The lowest BCUT2D eigenvalue weighted by molar-refractivity contribution is 0.112. The zero-order valence-corrected chi connectivity index (χ0v) is 8.59. The van der Waals surface area contributed by atoms with Crippen LogP contribution in [0.2, 0.25) is 5.02 Å². The molecule has 0 aromatic heterocycles. The van der Waals surface area contributed by atoms with Crippen LogP contribution in [0.25, 0.3) is 0 Å². The van der Waals surface area contributed by atoms with Crippen molar-refractivity contribution >= 4 is 40.5 Å². The molecular formula is C8H6ClIO. The van der Waals surface area contributed by atoms with Crippen LogP contribution in [0.1, 0.15) is 15.9 Å². The summed E-state index contributed by atoms with van der Waals surface area (Å²) in [5, 5.41) is 0.536. The fourth-order valence-corrected chi connectivity index (χ4v) is 1.73. The van der Waals surface area contributed by atoms with Gasteiger partial charge in [-0.3, -0.25) is 4.79 Å². The molecule has 0 aliphatic heterocycles. The quantitative estimate of drug-likeness (QED) is 0.462. The summed E-state index contributed by atoms with van der Waals surface area (Å²) in [5.41, 5.74) is 1.61. The molecule has 3 heteroatoms. The maximum atomic E-state index is 10.5. The van der Waals surface area contributed by atoms with Gasteiger partial charge in [-0.15, -0.1) is 0 Å². The first-order chi connectivity index (χ1) is 5.29. The molecule has 0 aliphatic rings. The average Bonchev–Trinajstić information content (AvgIpc) is 2.04. The van der Waals surface area contributed by atoms with Gasteiger partial charge in [-0.1, -0.05) is 46.3 Å². The van der Waals surface area contributed by atoms with Crippen LogP contribution in [0, 0.1) is 0 Å². The van der Waals surface area contributed by atoms with Crippen LogP contribution < -0.4 is 0 Å². The molecule has 0 spiro atoms. The van der Waals surface area contributed by atoms with Crippen molar-refractivity contribution in [2.45, 2.75) is 4.43 Å². The van der Waals surface area contributed by atoms with Gasteiger partial charge in [0.15, 0.2) is 6.29 Å². The Labute approximate surface area is 83.9 Å². The van der Waals surface area contributed by atoms with Crippen molar-refractivity contribution in [3.8, 4) is 0 Å². The molecule has 0 bridgehead atoms. The van der Waals surface area contributed by atoms with E-state index in [1.54, 1.807) is 6.07 Å². The Bertz CT molecular complexity index is 273. The molecule has 1 aromatic rings. The van der Waals surface area contributed by atoms with Gasteiger partial charge in [-0.05, 0) is 11.6 Å². The summed E-state index contributed by atoms with van der Waals surface area (Å²) in [6, 6.07) is 5.48. The van der Waals surface area contributed by atoms with E-state index in [9.17, 15) is 4.79 Å². The van der Waals surface area contributed by atoms with Crippen molar-refractivity contribution in [3.63, 3.8) is 0 Å². The summed E-state index contributed by atoms with van der Waals surface area (Å²) in [7, 11) is 0. The van der Waals surface area contributed by atoms with Crippen LogP contribution in [0.4, 0.5) is 0 Å². The van der Waals surface area contributed by atoms with Crippen molar-refractivity contribution in [2.75, 3.05) is 0 Å². The second-order valence-corrected chi connectivity index (χ2v) is 3.23. The maximum absolute atomic E-state index is 10.5. The van der Waals surface area contributed by atoms with E-state index in [0.717, 1.165) is 16.3 Å². The van der Waals surface area contributed by atoms with Crippen molar-refractivity contribution in [1.82, 2.24) is 0 Å². The topological polar surface area (TPSA) is 17.1 Å². The summed E-state index contributed by atoms with van der Waals surface area (Å²) in [4.78, 5) is 10.5. The minimum atomic E-state index is 0.536. The van der Waals surface area contributed by atoms with E-state index >= 15 is 0 Å². The Morgan fingerprint density at radius 2 is 2.27 bits per heavy atom. The van der Waals surface area contributed by atoms with E-state index in [1.165, 1.54) is 0 Å². The molecule has 1 rings (SSSR count). The largest absolute Gasteiger partial charge is 0.298 e. The highest BCUT2D eigenvalue weighted by atomic mass is 127. The van der Waals surface area contributed by atoms with Crippen molar-refractivity contribution < 1.29 is 4.79 Å². The molecule has 0 unspecified atom stereocenters. The zero-order valence-electron chi connectivity index (χ0n) is 5.68. The number of alkyl halides is 1. The van der Waals surface area contributed by atoms with Gasteiger partial charge < -0.3 is 0 Å². The highest BCUT2D eigenvalue weighted by molar-refractivity contribution is 14.1. The number of carbonyl (C=O) groups is 1. The third kappa shape index (κ3) is 1.93. The van der Waals surface area contributed by atoms with Crippen molar-refractivity contribution in [3.05, 3.63) is 34.3 Å². The van der Waals surface area contributed by atoms with Gasteiger partial charge in [0.05, 0.1) is 5.02 Å². The lowest BCUT2D eigenvalue weighted by Gasteiger charge is -2.00. The molecule has 0 radical (unpaired) electrons. The van der Waals surface area contributed by atoms with Gasteiger partial charge in [0.1, 0.15) is 0 Å². The van der Waals surface area contributed by atoms with Crippen LogP contribution in [0.3, 0.4) is 0 Å². The molecule has 0 amide bonds. The highest BCUT2D eigenvalue weighted by Gasteiger charge is 2.02.